The van der Waals surface area contributed by atoms with Crippen molar-refractivity contribution in [1.29, 1.82) is 0 Å². The van der Waals surface area contributed by atoms with Crippen LogP contribution in [0.3, 0.4) is 0 Å². The Labute approximate surface area is 154 Å². The minimum Gasteiger partial charge on any atom is -0.480 e. The molecule has 2 rings (SSSR count). The Balaban J connectivity index is 1.98. The van der Waals surface area contributed by atoms with E-state index in [0.717, 1.165) is 5.56 Å². The molecule has 0 fully saturated rings. The number of furan rings is 1. The lowest BCUT2D eigenvalue weighted by molar-refractivity contribution is -0.130. The highest BCUT2D eigenvalue weighted by molar-refractivity contribution is 5.91. The molecule has 1 aromatic carbocycles. The van der Waals surface area contributed by atoms with Gasteiger partial charge in [0.05, 0.1) is 6.54 Å². The first kappa shape index (κ1) is 19.6. The minimum absolute atomic E-state index is 0.00186. The van der Waals surface area contributed by atoms with Gasteiger partial charge >= 0.3 is 0 Å². The molecule has 1 aromatic heterocycles. The lowest BCUT2D eigenvalue weighted by atomic mass is 10.1. The van der Waals surface area contributed by atoms with Crippen molar-refractivity contribution in [2.24, 2.45) is 5.92 Å². The molecule has 1 atom stereocenters. The monoisotopic (exact) mass is 358 g/mol. The summed E-state index contributed by atoms with van der Waals surface area (Å²) < 4.78 is 11.4. The molecule has 0 aliphatic carbocycles. The first-order valence-electron chi connectivity index (χ1n) is 8.59. The molecular weight excluding hydrogens is 332 g/mol. The van der Waals surface area contributed by atoms with Crippen molar-refractivity contribution in [3.8, 4) is 5.75 Å². The van der Waals surface area contributed by atoms with Gasteiger partial charge in [0, 0.05) is 14.1 Å². The normalized spacial score (nSPS) is 11.9. The summed E-state index contributed by atoms with van der Waals surface area (Å²) >= 11 is 0. The van der Waals surface area contributed by atoms with Gasteiger partial charge in [-0.2, -0.15) is 0 Å². The van der Waals surface area contributed by atoms with E-state index in [-0.39, 0.29) is 30.0 Å². The van der Waals surface area contributed by atoms with Crippen LogP contribution in [0.5, 0.6) is 5.75 Å². The molecule has 2 amide bonds. The fourth-order valence-corrected chi connectivity index (χ4v) is 2.41. The SMILES string of the molecule is Cc1cccc(O[C@@H](C(=O)NCc2ccc(C(=O)N(C)C)o2)C(C)C)c1. The molecule has 0 aliphatic heterocycles. The second-order valence-corrected chi connectivity index (χ2v) is 6.78. The largest absolute Gasteiger partial charge is 0.480 e. The van der Waals surface area contributed by atoms with E-state index in [2.05, 4.69) is 5.32 Å². The first-order chi connectivity index (χ1) is 12.3. The van der Waals surface area contributed by atoms with E-state index in [4.69, 9.17) is 9.15 Å². The van der Waals surface area contributed by atoms with Gasteiger partial charge in [0.2, 0.25) is 0 Å². The Morgan fingerprint density at radius 3 is 2.54 bits per heavy atom. The molecule has 6 nitrogen and oxygen atoms in total. The molecule has 0 spiro atoms. The van der Waals surface area contributed by atoms with E-state index in [1.54, 1.807) is 26.2 Å². The van der Waals surface area contributed by atoms with Gasteiger partial charge in [-0.25, -0.2) is 0 Å². The predicted molar refractivity (Wildman–Crippen MR) is 99.0 cm³/mol. The molecule has 0 unspecified atom stereocenters. The maximum absolute atomic E-state index is 12.5. The summed E-state index contributed by atoms with van der Waals surface area (Å²) in [6.07, 6.45) is -0.616. The number of carbonyl (C=O) groups is 2. The van der Waals surface area contributed by atoms with Crippen LogP contribution in [0, 0.1) is 12.8 Å². The van der Waals surface area contributed by atoms with Crippen LogP contribution in [0.4, 0.5) is 0 Å². The molecule has 140 valence electrons. The fourth-order valence-electron chi connectivity index (χ4n) is 2.41. The first-order valence-corrected chi connectivity index (χ1v) is 8.59. The Kier molecular flexibility index (Phi) is 6.44. The van der Waals surface area contributed by atoms with E-state index in [0.29, 0.717) is 11.5 Å². The number of nitrogens with zero attached hydrogens (tertiary/aromatic N) is 1. The van der Waals surface area contributed by atoms with Gasteiger partial charge in [0.25, 0.3) is 11.8 Å². The highest BCUT2D eigenvalue weighted by Gasteiger charge is 2.24. The second-order valence-electron chi connectivity index (χ2n) is 6.78. The van der Waals surface area contributed by atoms with Crippen LogP contribution in [-0.4, -0.2) is 36.9 Å². The number of hydrogen-bond donors (Lipinski definition) is 1. The number of nitrogens with one attached hydrogen (secondary N) is 1. The van der Waals surface area contributed by atoms with Crippen molar-refractivity contribution >= 4 is 11.8 Å². The standard InChI is InChI=1S/C20H26N2O4/c1-13(2)18(26-15-8-6-7-14(3)11-15)19(23)21-12-16-9-10-17(25-16)20(24)22(4)5/h6-11,13,18H,12H2,1-5H3,(H,21,23)/t18-/m1/s1. The van der Waals surface area contributed by atoms with E-state index >= 15 is 0 Å². The van der Waals surface area contributed by atoms with Crippen LogP contribution in [0.15, 0.2) is 40.8 Å². The Morgan fingerprint density at radius 2 is 1.92 bits per heavy atom. The Bertz CT molecular complexity index is 765. The number of ether oxygens (including phenoxy) is 1. The molecule has 1 heterocycles. The number of carbonyl (C=O) groups excluding carboxylic acids is 2. The number of rotatable bonds is 7. The van der Waals surface area contributed by atoms with Crippen molar-refractivity contribution in [2.75, 3.05) is 14.1 Å². The smallest absolute Gasteiger partial charge is 0.289 e. The summed E-state index contributed by atoms with van der Waals surface area (Å²) in [7, 11) is 3.31. The lowest BCUT2D eigenvalue weighted by Gasteiger charge is -2.22. The molecule has 2 aromatic rings. The van der Waals surface area contributed by atoms with Crippen molar-refractivity contribution in [1.82, 2.24) is 10.2 Å². The number of benzene rings is 1. The summed E-state index contributed by atoms with van der Waals surface area (Å²) in [5.74, 6) is 0.981. The molecule has 0 bridgehead atoms. The van der Waals surface area contributed by atoms with Gasteiger partial charge in [0.15, 0.2) is 11.9 Å². The quantitative estimate of drug-likeness (QED) is 0.826. The number of aryl methyl sites for hydroxylation is 1. The topological polar surface area (TPSA) is 71.8 Å². The second kappa shape index (κ2) is 8.56. The van der Waals surface area contributed by atoms with Crippen molar-refractivity contribution < 1.29 is 18.7 Å². The van der Waals surface area contributed by atoms with Gasteiger partial charge < -0.3 is 19.4 Å². The van der Waals surface area contributed by atoms with Gasteiger partial charge in [-0.05, 0) is 42.7 Å². The number of amides is 2. The highest BCUT2D eigenvalue weighted by Crippen LogP contribution is 2.18. The Hall–Kier alpha value is -2.76. The molecule has 26 heavy (non-hydrogen) atoms. The summed E-state index contributed by atoms with van der Waals surface area (Å²) in [6.45, 7) is 6.03. The maximum atomic E-state index is 12.5. The molecule has 0 saturated carbocycles. The summed E-state index contributed by atoms with van der Waals surface area (Å²) in [6, 6.07) is 10.9. The lowest BCUT2D eigenvalue weighted by Crippen LogP contribution is -2.41. The summed E-state index contributed by atoms with van der Waals surface area (Å²) in [5, 5.41) is 2.81. The van der Waals surface area contributed by atoms with Crippen LogP contribution in [0.1, 0.15) is 35.7 Å². The third-order valence-corrected chi connectivity index (χ3v) is 3.83. The van der Waals surface area contributed by atoms with Gasteiger partial charge in [-0.15, -0.1) is 0 Å². The third kappa shape index (κ3) is 5.12. The molecule has 6 heteroatoms. The van der Waals surface area contributed by atoms with Crippen LogP contribution >= 0.6 is 0 Å². The van der Waals surface area contributed by atoms with Crippen molar-refractivity contribution in [3.63, 3.8) is 0 Å². The van der Waals surface area contributed by atoms with Crippen molar-refractivity contribution in [2.45, 2.75) is 33.4 Å². The fraction of sp³-hybridized carbons (Fsp3) is 0.400. The molecule has 1 N–H and O–H groups in total. The van der Waals surface area contributed by atoms with Gasteiger partial charge in [0.1, 0.15) is 11.5 Å². The molecule has 0 saturated heterocycles. The molecule has 0 radical (unpaired) electrons. The number of hydrogen-bond acceptors (Lipinski definition) is 4. The zero-order valence-electron chi connectivity index (χ0n) is 15.9. The third-order valence-electron chi connectivity index (χ3n) is 3.83. The molecular formula is C20H26N2O4. The predicted octanol–water partition coefficient (Wildman–Crippen LogP) is 3.01. The average molecular weight is 358 g/mol. The average Bonchev–Trinajstić information content (AvgIpc) is 3.05. The molecule has 0 aliphatic rings. The minimum atomic E-state index is -0.616. The van der Waals surface area contributed by atoms with E-state index in [1.165, 1.54) is 4.90 Å². The van der Waals surface area contributed by atoms with Crippen LogP contribution in [-0.2, 0) is 11.3 Å². The van der Waals surface area contributed by atoms with E-state index < -0.39 is 6.10 Å². The highest BCUT2D eigenvalue weighted by atomic mass is 16.5. The van der Waals surface area contributed by atoms with Crippen LogP contribution in [0.25, 0.3) is 0 Å². The van der Waals surface area contributed by atoms with E-state index in [9.17, 15) is 9.59 Å². The zero-order valence-corrected chi connectivity index (χ0v) is 15.9. The summed E-state index contributed by atoms with van der Waals surface area (Å²) in [5.41, 5.74) is 1.07. The Morgan fingerprint density at radius 1 is 1.19 bits per heavy atom. The zero-order chi connectivity index (χ0) is 19.3. The van der Waals surface area contributed by atoms with E-state index in [1.807, 2.05) is 45.0 Å². The van der Waals surface area contributed by atoms with Crippen LogP contribution < -0.4 is 10.1 Å². The maximum Gasteiger partial charge on any atom is 0.289 e. The van der Waals surface area contributed by atoms with Gasteiger partial charge in [-0.3, -0.25) is 9.59 Å². The van der Waals surface area contributed by atoms with Gasteiger partial charge in [-0.1, -0.05) is 26.0 Å². The van der Waals surface area contributed by atoms with Crippen molar-refractivity contribution in [3.05, 3.63) is 53.5 Å². The van der Waals surface area contributed by atoms with Crippen LogP contribution in [0.2, 0.25) is 0 Å². The summed E-state index contributed by atoms with van der Waals surface area (Å²) in [4.78, 5) is 25.8.